The van der Waals surface area contributed by atoms with Gasteiger partial charge in [0.1, 0.15) is 29.9 Å². The third-order valence-corrected chi connectivity index (χ3v) is 5.33. The van der Waals surface area contributed by atoms with Gasteiger partial charge < -0.3 is 35.5 Å². The predicted octanol–water partition coefficient (Wildman–Crippen LogP) is -2.61. The fourth-order valence-electron chi connectivity index (χ4n) is 2.01. The van der Waals surface area contributed by atoms with Crippen molar-refractivity contribution < 1.29 is 47.4 Å². The van der Waals surface area contributed by atoms with Crippen molar-refractivity contribution in [1.82, 2.24) is 0 Å². The molecule has 1 fully saturated rings. The molecule has 142 valence electrons. The van der Waals surface area contributed by atoms with Crippen LogP contribution in [0.15, 0.2) is 0 Å². The molecular weight excluding hydrogens is 370 g/mol. The predicted molar refractivity (Wildman–Crippen MR) is 82.5 cm³/mol. The van der Waals surface area contributed by atoms with Gasteiger partial charge in [-0.25, -0.2) is 4.55 Å². The van der Waals surface area contributed by atoms with Crippen molar-refractivity contribution in [3.05, 3.63) is 5.21 Å². The molecule has 24 heavy (non-hydrogen) atoms. The Labute approximate surface area is 142 Å². The van der Waals surface area contributed by atoms with Crippen LogP contribution in [0.2, 0.25) is 0 Å². The quantitative estimate of drug-likeness (QED) is 0.0507. The highest BCUT2D eigenvalue weighted by molar-refractivity contribution is 8.14. The lowest BCUT2D eigenvalue weighted by Gasteiger charge is -2.39. The zero-order valence-corrected chi connectivity index (χ0v) is 14.1. The van der Waals surface area contributed by atoms with E-state index in [1.54, 1.807) is 0 Å². The van der Waals surface area contributed by atoms with Crippen LogP contribution in [-0.4, -0.2) is 90.8 Å². The van der Waals surface area contributed by atoms with Crippen molar-refractivity contribution in [1.29, 1.82) is 0 Å². The molecule has 1 heterocycles. The minimum absolute atomic E-state index is 0.149. The highest BCUT2D eigenvalue weighted by Gasteiger charge is 2.45. The Kier molecular flexibility index (Phi) is 8.31. The summed E-state index contributed by atoms with van der Waals surface area (Å²) in [6, 6.07) is 0. The van der Waals surface area contributed by atoms with Crippen LogP contribution >= 0.6 is 11.8 Å². The van der Waals surface area contributed by atoms with Gasteiger partial charge in [-0.05, 0) is 24.6 Å². The van der Waals surface area contributed by atoms with Gasteiger partial charge in [-0.1, -0.05) is 4.14 Å². The number of ether oxygens (including phenoxy) is 1. The van der Waals surface area contributed by atoms with E-state index in [2.05, 4.69) is 0 Å². The van der Waals surface area contributed by atoms with Crippen molar-refractivity contribution in [3.63, 3.8) is 0 Å². The van der Waals surface area contributed by atoms with E-state index >= 15 is 0 Å². The van der Waals surface area contributed by atoms with E-state index < -0.39 is 56.0 Å². The first-order valence-electron chi connectivity index (χ1n) is 7.02. The molecule has 6 N–H and O–H groups in total. The molecule has 0 saturated carbocycles. The number of hydrogen-bond donors (Lipinski definition) is 6. The number of aliphatic hydroxyl groups is 5. The second kappa shape index (κ2) is 9.26. The zero-order valence-electron chi connectivity index (χ0n) is 12.5. The first kappa shape index (κ1) is 21.5. The lowest BCUT2D eigenvalue weighted by Crippen LogP contribution is -2.57. The number of unbranched alkanes of at least 4 members (excludes halogenated alkanes) is 1. The summed E-state index contributed by atoms with van der Waals surface area (Å²) < 4.78 is 35.4. The maximum atomic E-state index is 11.7. The largest absolute Gasteiger partial charge is 0.605 e. The molecule has 1 saturated heterocycles. The summed E-state index contributed by atoms with van der Waals surface area (Å²) in [6.45, 7) is -0.871. The number of thioether (sulfide) groups is 1. The molecular formula is C11H21NO10S2. The van der Waals surface area contributed by atoms with E-state index in [0.29, 0.717) is 11.8 Å². The Hall–Kier alpha value is -0.510. The summed E-state index contributed by atoms with van der Waals surface area (Å²) in [7, 11) is -5.09. The minimum atomic E-state index is -5.09. The normalized spacial score (nSPS) is 32.5. The number of hydrogen-bond acceptors (Lipinski definition) is 10. The van der Waals surface area contributed by atoms with Crippen molar-refractivity contribution in [2.24, 2.45) is 0 Å². The van der Waals surface area contributed by atoms with Crippen LogP contribution in [0.3, 0.4) is 0 Å². The van der Waals surface area contributed by atoms with Crippen molar-refractivity contribution in [2.45, 2.75) is 49.1 Å². The van der Waals surface area contributed by atoms with Crippen molar-refractivity contribution >= 4 is 27.1 Å². The Morgan fingerprint density at radius 1 is 1.12 bits per heavy atom. The molecule has 0 aromatic carbocycles. The first-order chi connectivity index (χ1) is 11.1. The van der Waals surface area contributed by atoms with Gasteiger partial charge in [0.15, 0.2) is 0 Å². The van der Waals surface area contributed by atoms with E-state index in [1.165, 1.54) is 0 Å². The highest BCUT2D eigenvalue weighted by atomic mass is 32.2. The summed E-state index contributed by atoms with van der Waals surface area (Å²) in [6.07, 6.45) is -5.84. The van der Waals surface area contributed by atoms with Gasteiger partial charge in [0.05, 0.1) is 6.61 Å². The molecule has 0 radical (unpaired) electrons. The van der Waals surface area contributed by atoms with Gasteiger partial charge in [0.25, 0.3) is 0 Å². The highest BCUT2D eigenvalue weighted by Crippen LogP contribution is 2.30. The summed E-state index contributed by atoms with van der Waals surface area (Å²) >= 11 is 0.439. The second-order valence-electron chi connectivity index (χ2n) is 5.09. The molecule has 0 spiro atoms. The van der Waals surface area contributed by atoms with Crippen molar-refractivity contribution in [3.8, 4) is 0 Å². The topological polar surface area (TPSA) is 191 Å². The SMILES string of the molecule is O=S(=O)(O)/[N+]([O-])=C(/CCCCO)S[C@@H]1O[C@H](CO)[C@@H](O)[C@H](O)[C@H]1O. The summed E-state index contributed by atoms with van der Waals surface area (Å²) in [5.74, 6) is 0. The maximum Gasteiger partial charge on any atom is 0.518 e. The zero-order chi connectivity index (χ0) is 18.5. The van der Waals surface area contributed by atoms with Crippen LogP contribution in [0, 0.1) is 5.21 Å². The number of nitrogens with zero attached hydrogens (tertiary/aromatic N) is 1. The fourth-order valence-corrected chi connectivity index (χ4v) is 3.88. The van der Waals surface area contributed by atoms with E-state index in [9.17, 15) is 28.9 Å². The number of aliphatic hydroxyl groups excluding tert-OH is 5. The number of rotatable bonds is 7. The van der Waals surface area contributed by atoms with Gasteiger partial charge in [0.2, 0.25) is 5.04 Å². The Morgan fingerprint density at radius 3 is 2.25 bits per heavy atom. The molecule has 0 unspecified atom stereocenters. The molecule has 11 nitrogen and oxygen atoms in total. The standard InChI is InChI=1S/C11H21NO10S2/c13-4-2-1-3-7(12(18)24(19,20)21)23-11-10(17)9(16)8(15)6(5-14)22-11/h6,8-11,13-17H,1-5H2,(H,19,20,21)/b12-7-/t6-,8-,9+,10-,11+/m1/s1. The molecule has 1 aliphatic rings. The average molecular weight is 391 g/mol. The molecule has 0 aliphatic carbocycles. The lowest BCUT2D eigenvalue weighted by molar-refractivity contribution is -0.290. The fraction of sp³-hybridized carbons (Fsp3) is 0.909. The summed E-state index contributed by atoms with van der Waals surface area (Å²) in [5.41, 5.74) is -1.36. The minimum Gasteiger partial charge on any atom is -0.605 e. The second-order valence-corrected chi connectivity index (χ2v) is 7.49. The van der Waals surface area contributed by atoms with Crippen molar-refractivity contribution in [2.75, 3.05) is 13.2 Å². The molecule has 1 aliphatic heterocycles. The Bertz CT molecular complexity index is 537. The van der Waals surface area contributed by atoms with Gasteiger partial charge in [-0.2, -0.15) is 0 Å². The Balaban J connectivity index is 3.00. The monoisotopic (exact) mass is 391 g/mol. The molecule has 0 amide bonds. The van der Waals surface area contributed by atoms with Gasteiger partial charge in [-0.15, -0.1) is 8.42 Å². The first-order valence-corrected chi connectivity index (χ1v) is 9.29. The van der Waals surface area contributed by atoms with E-state index in [0.717, 1.165) is 0 Å². The molecule has 0 aromatic rings. The van der Waals surface area contributed by atoms with Crippen LogP contribution in [0.5, 0.6) is 0 Å². The van der Waals surface area contributed by atoms with Crippen LogP contribution < -0.4 is 0 Å². The molecule has 5 atom stereocenters. The molecule has 13 heteroatoms. The van der Waals surface area contributed by atoms with Crippen LogP contribution in [0.25, 0.3) is 0 Å². The van der Waals surface area contributed by atoms with Gasteiger partial charge in [0, 0.05) is 13.0 Å². The molecule has 1 rings (SSSR count). The lowest BCUT2D eigenvalue weighted by atomic mass is 10.0. The smallest absolute Gasteiger partial charge is 0.518 e. The van der Waals surface area contributed by atoms with E-state index in [4.69, 9.17) is 19.5 Å². The van der Waals surface area contributed by atoms with E-state index in [-0.39, 0.29) is 25.9 Å². The molecule has 0 bridgehead atoms. The van der Waals surface area contributed by atoms with Crippen LogP contribution in [-0.2, 0) is 15.0 Å². The maximum absolute atomic E-state index is 11.7. The summed E-state index contributed by atoms with van der Waals surface area (Å²) in [4.78, 5) is 0. The van der Waals surface area contributed by atoms with E-state index in [1.807, 2.05) is 0 Å². The Morgan fingerprint density at radius 2 is 1.75 bits per heavy atom. The van der Waals surface area contributed by atoms with Crippen LogP contribution in [0.4, 0.5) is 0 Å². The summed E-state index contributed by atoms with van der Waals surface area (Å²) in [5, 5.41) is 58.4. The molecule has 0 aromatic heterocycles. The van der Waals surface area contributed by atoms with Crippen LogP contribution in [0.1, 0.15) is 19.3 Å². The third-order valence-electron chi connectivity index (χ3n) is 3.31. The third kappa shape index (κ3) is 5.50. The van der Waals surface area contributed by atoms with Gasteiger partial charge >= 0.3 is 10.3 Å². The average Bonchev–Trinajstić information content (AvgIpc) is 2.52. The van der Waals surface area contributed by atoms with Gasteiger partial charge in [-0.3, -0.25) is 0 Å².